The number of carbonyl (C=O) groups excluding carboxylic acids is 2. The van der Waals surface area contributed by atoms with E-state index in [9.17, 15) is 9.59 Å². The lowest BCUT2D eigenvalue weighted by molar-refractivity contribution is -0.139. The van der Waals surface area contributed by atoms with Crippen molar-refractivity contribution in [2.75, 3.05) is 53.4 Å². The largest absolute Gasteiger partial charge is 0.497 e. The molecule has 0 aromatic heterocycles. The first kappa shape index (κ1) is 22.8. The Balaban J connectivity index is 1.55. The Kier molecular flexibility index (Phi) is 8.44. The molecule has 166 valence electrons. The third kappa shape index (κ3) is 6.80. The van der Waals surface area contributed by atoms with Gasteiger partial charge in [0.05, 0.1) is 13.2 Å². The van der Waals surface area contributed by atoms with Gasteiger partial charge in [-0.15, -0.1) is 0 Å². The Labute approximate surface area is 184 Å². The summed E-state index contributed by atoms with van der Waals surface area (Å²) in [5, 5.41) is 5.54. The minimum atomic E-state index is -0.597. The van der Waals surface area contributed by atoms with E-state index in [0.29, 0.717) is 19.5 Å². The number of ether oxygens (including phenoxy) is 1. The average Bonchev–Trinajstić information content (AvgIpc) is 2.81. The zero-order valence-electron chi connectivity index (χ0n) is 18.3. The van der Waals surface area contributed by atoms with E-state index in [4.69, 9.17) is 4.74 Å². The maximum absolute atomic E-state index is 12.4. The Morgan fingerprint density at radius 2 is 1.58 bits per heavy atom. The van der Waals surface area contributed by atoms with E-state index < -0.39 is 11.8 Å². The molecule has 0 spiro atoms. The first-order valence-electron chi connectivity index (χ1n) is 10.7. The summed E-state index contributed by atoms with van der Waals surface area (Å²) >= 11 is 0. The minimum absolute atomic E-state index is 0.000625. The molecule has 1 aliphatic rings. The van der Waals surface area contributed by atoms with Gasteiger partial charge in [-0.05, 0) is 36.7 Å². The topological polar surface area (TPSA) is 73.9 Å². The van der Waals surface area contributed by atoms with Crippen LogP contribution < -0.4 is 15.4 Å². The van der Waals surface area contributed by atoms with Crippen LogP contribution >= 0.6 is 0 Å². The van der Waals surface area contributed by atoms with Gasteiger partial charge in [-0.3, -0.25) is 14.5 Å². The molecule has 0 saturated carbocycles. The minimum Gasteiger partial charge on any atom is -0.497 e. The molecular weight excluding hydrogens is 392 g/mol. The van der Waals surface area contributed by atoms with Gasteiger partial charge in [0, 0.05) is 39.3 Å². The first-order chi connectivity index (χ1) is 15.1. The second-order valence-electron chi connectivity index (χ2n) is 7.83. The highest BCUT2D eigenvalue weighted by molar-refractivity contribution is 6.35. The summed E-state index contributed by atoms with van der Waals surface area (Å²) in [4.78, 5) is 29.3. The van der Waals surface area contributed by atoms with Crippen molar-refractivity contribution in [3.05, 3.63) is 65.7 Å². The third-order valence-corrected chi connectivity index (χ3v) is 5.68. The molecule has 0 aliphatic carbocycles. The number of likely N-dealkylation sites (N-methyl/N-ethyl adjacent to an activating group) is 1. The average molecular weight is 425 g/mol. The van der Waals surface area contributed by atoms with Crippen LogP contribution in [0.15, 0.2) is 54.6 Å². The van der Waals surface area contributed by atoms with Crippen molar-refractivity contribution in [2.45, 2.75) is 12.5 Å². The van der Waals surface area contributed by atoms with Crippen LogP contribution in [-0.4, -0.2) is 75.0 Å². The highest BCUT2D eigenvalue weighted by atomic mass is 16.5. The normalized spacial score (nSPS) is 15.8. The van der Waals surface area contributed by atoms with Gasteiger partial charge >= 0.3 is 11.8 Å². The number of nitrogens with zero attached hydrogens (tertiary/aromatic N) is 2. The van der Waals surface area contributed by atoms with Crippen LogP contribution in [0.1, 0.15) is 17.2 Å². The number of carbonyl (C=O) groups is 2. The lowest BCUT2D eigenvalue weighted by Gasteiger charge is -2.38. The summed E-state index contributed by atoms with van der Waals surface area (Å²) in [5.74, 6) is -0.397. The molecule has 1 heterocycles. The summed E-state index contributed by atoms with van der Waals surface area (Å²) in [6.07, 6.45) is 0.690. The number of benzene rings is 2. The van der Waals surface area contributed by atoms with Gasteiger partial charge in [0.1, 0.15) is 5.75 Å². The third-order valence-electron chi connectivity index (χ3n) is 5.68. The fourth-order valence-corrected chi connectivity index (χ4v) is 3.73. The molecular formula is C24H32N4O3. The van der Waals surface area contributed by atoms with E-state index in [1.54, 1.807) is 7.11 Å². The molecule has 2 N–H and O–H groups in total. The maximum atomic E-state index is 12.4. The quantitative estimate of drug-likeness (QED) is 0.628. The van der Waals surface area contributed by atoms with E-state index in [-0.39, 0.29) is 6.04 Å². The molecule has 7 nitrogen and oxygen atoms in total. The molecule has 0 unspecified atom stereocenters. The fourth-order valence-electron chi connectivity index (χ4n) is 3.73. The van der Waals surface area contributed by atoms with Gasteiger partial charge in [-0.1, -0.05) is 42.5 Å². The van der Waals surface area contributed by atoms with E-state index in [0.717, 1.165) is 43.1 Å². The molecule has 3 rings (SSSR count). The van der Waals surface area contributed by atoms with E-state index >= 15 is 0 Å². The van der Waals surface area contributed by atoms with Crippen molar-refractivity contribution in [2.24, 2.45) is 0 Å². The first-order valence-corrected chi connectivity index (χ1v) is 10.7. The smallest absolute Gasteiger partial charge is 0.309 e. The molecule has 1 atom stereocenters. The molecule has 2 aromatic rings. The predicted molar refractivity (Wildman–Crippen MR) is 121 cm³/mol. The van der Waals surface area contributed by atoms with Crippen molar-refractivity contribution in [1.82, 2.24) is 20.4 Å². The second-order valence-corrected chi connectivity index (χ2v) is 7.83. The fraction of sp³-hybridized carbons (Fsp3) is 0.417. The highest BCUT2D eigenvalue weighted by Crippen LogP contribution is 2.23. The zero-order valence-corrected chi connectivity index (χ0v) is 18.3. The van der Waals surface area contributed by atoms with Crippen LogP contribution in [-0.2, 0) is 16.0 Å². The summed E-state index contributed by atoms with van der Waals surface area (Å²) in [6, 6.07) is 17.8. The van der Waals surface area contributed by atoms with Crippen LogP contribution in [0.5, 0.6) is 5.75 Å². The summed E-state index contributed by atoms with van der Waals surface area (Å²) in [6.45, 7) is 4.57. The number of piperazine rings is 1. The van der Waals surface area contributed by atoms with Crippen molar-refractivity contribution in [3.63, 3.8) is 0 Å². The van der Waals surface area contributed by atoms with Gasteiger partial charge in [0.15, 0.2) is 0 Å². The van der Waals surface area contributed by atoms with Crippen molar-refractivity contribution in [3.8, 4) is 5.75 Å². The van der Waals surface area contributed by atoms with E-state index in [1.165, 1.54) is 0 Å². The van der Waals surface area contributed by atoms with Crippen molar-refractivity contribution < 1.29 is 14.3 Å². The predicted octanol–water partition coefficient (Wildman–Crippen LogP) is 1.46. The molecule has 1 saturated heterocycles. The Morgan fingerprint density at radius 3 is 2.23 bits per heavy atom. The van der Waals surface area contributed by atoms with Crippen LogP contribution in [0.25, 0.3) is 0 Å². The van der Waals surface area contributed by atoms with Crippen LogP contribution in [0.2, 0.25) is 0 Å². The molecule has 7 heteroatoms. The molecule has 0 bridgehead atoms. The van der Waals surface area contributed by atoms with Crippen molar-refractivity contribution in [1.29, 1.82) is 0 Å². The lowest BCUT2D eigenvalue weighted by atomic mass is 10.0. The van der Waals surface area contributed by atoms with Gasteiger partial charge in [-0.2, -0.15) is 0 Å². The molecule has 31 heavy (non-hydrogen) atoms. The number of amides is 2. The van der Waals surface area contributed by atoms with E-state index in [1.807, 2.05) is 54.6 Å². The number of hydrogen-bond acceptors (Lipinski definition) is 5. The van der Waals surface area contributed by atoms with Crippen LogP contribution in [0.4, 0.5) is 0 Å². The number of hydrogen-bond donors (Lipinski definition) is 2. The number of nitrogens with one attached hydrogen (secondary N) is 2. The maximum Gasteiger partial charge on any atom is 0.309 e. The number of methoxy groups -OCH3 is 1. The van der Waals surface area contributed by atoms with Crippen molar-refractivity contribution >= 4 is 11.8 Å². The molecule has 2 aromatic carbocycles. The van der Waals surface area contributed by atoms with Gasteiger partial charge in [-0.25, -0.2) is 0 Å². The van der Waals surface area contributed by atoms with Crippen LogP contribution in [0.3, 0.4) is 0 Å². The summed E-state index contributed by atoms with van der Waals surface area (Å²) in [5.41, 5.74) is 2.22. The SMILES string of the molecule is COc1ccc([C@@H](CNC(=O)C(=O)NCCc2ccccc2)N2CCN(C)CC2)cc1. The molecule has 0 radical (unpaired) electrons. The monoisotopic (exact) mass is 424 g/mol. The molecule has 1 aliphatic heterocycles. The molecule has 2 amide bonds. The number of rotatable bonds is 8. The van der Waals surface area contributed by atoms with Gasteiger partial charge in [0.2, 0.25) is 0 Å². The van der Waals surface area contributed by atoms with Gasteiger partial charge in [0.25, 0.3) is 0 Å². The lowest BCUT2D eigenvalue weighted by Crippen LogP contribution is -2.49. The van der Waals surface area contributed by atoms with Crippen LogP contribution in [0, 0.1) is 0 Å². The summed E-state index contributed by atoms with van der Waals surface area (Å²) < 4.78 is 5.26. The zero-order chi connectivity index (χ0) is 22.1. The highest BCUT2D eigenvalue weighted by Gasteiger charge is 2.25. The molecule has 1 fully saturated rings. The Hall–Kier alpha value is -2.90. The second kappa shape index (κ2) is 11.5. The Morgan fingerprint density at radius 1 is 0.935 bits per heavy atom. The van der Waals surface area contributed by atoms with Gasteiger partial charge < -0.3 is 20.3 Å². The Bertz CT molecular complexity index is 834. The summed E-state index contributed by atoms with van der Waals surface area (Å²) in [7, 11) is 3.75. The van der Waals surface area contributed by atoms with E-state index in [2.05, 4.69) is 27.5 Å². The standard InChI is InChI=1S/C24H32N4O3/c1-27-14-16-28(17-15-27)22(20-8-10-21(31-2)11-9-20)18-26-24(30)23(29)25-13-12-19-6-4-3-5-7-19/h3-11,22H,12-18H2,1-2H3,(H,25,29)(H,26,30)/t22-/m1/s1.